The first-order valence-electron chi connectivity index (χ1n) is 8.10. The molecule has 0 unspecified atom stereocenters. The van der Waals surface area contributed by atoms with E-state index in [1.54, 1.807) is 0 Å². The van der Waals surface area contributed by atoms with Gasteiger partial charge in [-0.15, -0.1) is 6.58 Å². The van der Waals surface area contributed by atoms with E-state index in [0.29, 0.717) is 6.42 Å². The van der Waals surface area contributed by atoms with Gasteiger partial charge in [0.05, 0.1) is 11.0 Å². The van der Waals surface area contributed by atoms with Gasteiger partial charge in [0.2, 0.25) is 5.91 Å². The number of aromatic nitrogens is 2. The zero-order chi connectivity index (χ0) is 15.1. The minimum atomic E-state index is 0.207. The molecule has 0 N–H and O–H groups in total. The van der Waals surface area contributed by atoms with Crippen molar-refractivity contribution in [2.75, 3.05) is 13.1 Å². The van der Waals surface area contributed by atoms with Crippen molar-refractivity contribution < 1.29 is 4.79 Å². The van der Waals surface area contributed by atoms with Crippen molar-refractivity contribution in [2.24, 2.45) is 5.92 Å². The van der Waals surface area contributed by atoms with Crippen LogP contribution in [0, 0.1) is 5.92 Å². The molecular formula is C18H21N3O. The molecule has 1 aliphatic carbocycles. The van der Waals surface area contributed by atoms with Gasteiger partial charge in [-0.2, -0.15) is 0 Å². The summed E-state index contributed by atoms with van der Waals surface area (Å²) >= 11 is 0. The number of fused-ring (bicyclic) bond motifs is 1. The molecule has 114 valence electrons. The standard InChI is InChI=1S/C18H21N3O/c1-2-9-21-16-6-4-3-5-15(16)19-18(21)14-10-17(22)20(12-14)11-13-7-8-13/h2-6,13-14H,1,7-12H2/t14-/m0/s1. The van der Waals surface area contributed by atoms with E-state index in [4.69, 9.17) is 4.98 Å². The summed E-state index contributed by atoms with van der Waals surface area (Å²) in [6.07, 6.45) is 5.05. The molecule has 1 aromatic carbocycles. The highest BCUT2D eigenvalue weighted by atomic mass is 16.2. The second-order valence-electron chi connectivity index (χ2n) is 6.50. The highest BCUT2D eigenvalue weighted by molar-refractivity contribution is 5.81. The van der Waals surface area contributed by atoms with Gasteiger partial charge in [0.1, 0.15) is 5.82 Å². The molecule has 1 atom stereocenters. The van der Waals surface area contributed by atoms with E-state index < -0.39 is 0 Å². The smallest absolute Gasteiger partial charge is 0.223 e. The fourth-order valence-corrected chi connectivity index (χ4v) is 3.46. The first-order chi connectivity index (χ1) is 10.8. The van der Waals surface area contributed by atoms with Gasteiger partial charge in [0.25, 0.3) is 0 Å². The Kier molecular flexibility index (Phi) is 3.25. The van der Waals surface area contributed by atoms with Crippen molar-refractivity contribution in [3.63, 3.8) is 0 Å². The molecule has 0 spiro atoms. The molecular weight excluding hydrogens is 274 g/mol. The average molecular weight is 295 g/mol. The summed E-state index contributed by atoms with van der Waals surface area (Å²) in [4.78, 5) is 19.1. The lowest BCUT2D eigenvalue weighted by molar-refractivity contribution is -0.127. The molecule has 2 aromatic rings. The summed E-state index contributed by atoms with van der Waals surface area (Å²) < 4.78 is 2.21. The quantitative estimate of drug-likeness (QED) is 0.795. The van der Waals surface area contributed by atoms with Crippen LogP contribution in [0.1, 0.15) is 31.0 Å². The van der Waals surface area contributed by atoms with Gasteiger partial charge in [-0.25, -0.2) is 4.98 Å². The third kappa shape index (κ3) is 2.32. The molecule has 1 saturated heterocycles. The van der Waals surface area contributed by atoms with Gasteiger partial charge < -0.3 is 9.47 Å². The van der Waals surface area contributed by atoms with Gasteiger partial charge in [0.15, 0.2) is 0 Å². The molecule has 2 aliphatic rings. The Morgan fingerprint density at radius 1 is 1.32 bits per heavy atom. The Morgan fingerprint density at radius 3 is 2.91 bits per heavy atom. The summed E-state index contributed by atoms with van der Waals surface area (Å²) in [5, 5.41) is 0. The van der Waals surface area contributed by atoms with Crippen molar-refractivity contribution in [3.8, 4) is 0 Å². The van der Waals surface area contributed by atoms with Gasteiger partial charge in [-0.1, -0.05) is 18.2 Å². The van der Waals surface area contributed by atoms with Crippen molar-refractivity contribution in [1.82, 2.24) is 14.5 Å². The molecule has 4 heteroatoms. The van der Waals surface area contributed by atoms with Crippen LogP contribution in [0.15, 0.2) is 36.9 Å². The first kappa shape index (κ1) is 13.6. The average Bonchev–Trinajstić information content (AvgIpc) is 3.16. The molecule has 0 bridgehead atoms. The maximum atomic E-state index is 12.3. The van der Waals surface area contributed by atoms with Crippen LogP contribution < -0.4 is 0 Å². The molecule has 0 radical (unpaired) electrons. The number of allylic oxidation sites excluding steroid dienone is 1. The number of nitrogens with zero attached hydrogens (tertiary/aromatic N) is 3. The van der Waals surface area contributed by atoms with Crippen LogP contribution in [0.25, 0.3) is 11.0 Å². The zero-order valence-electron chi connectivity index (χ0n) is 12.7. The van der Waals surface area contributed by atoms with Crippen LogP contribution in [-0.2, 0) is 11.3 Å². The number of amides is 1. The van der Waals surface area contributed by atoms with E-state index in [-0.39, 0.29) is 11.8 Å². The van der Waals surface area contributed by atoms with Crippen molar-refractivity contribution in [2.45, 2.75) is 31.7 Å². The normalized spacial score (nSPS) is 21.7. The second-order valence-corrected chi connectivity index (χ2v) is 6.50. The lowest BCUT2D eigenvalue weighted by Crippen LogP contribution is -2.27. The summed E-state index contributed by atoms with van der Waals surface area (Å²) in [6.45, 7) is 6.36. The molecule has 1 aliphatic heterocycles. The molecule has 1 aromatic heterocycles. The number of likely N-dealkylation sites (tertiary alicyclic amines) is 1. The van der Waals surface area contributed by atoms with E-state index in [1.165, 1.54) is 12.8 Å². The van der Waals surface area contributed by atoms with Crippen LogP contribution in [0.3, 0.4) is 0 Å². The number of rotatable bonds is 5. The monoisotopic (exact) mass is 295 g/mol. The van der Waals surface area contributed by atoms with Gasteiger partial charge in [-0.3, -0.25) is 4.79 Å². The molecule has 2 heterocycles. The van der Waals surface area contributed by atoms with Crippen LogP contribution in [0.5, 0.6) is 0 Å². The minimum absolute atomic E-state index is 0.207. The van der Waals surface area contributed by atoms with E-state index in [9.17, 15) is 4.79 Å². The summed E-state index contributed by atoms with van der Waals surface area (Å²) in [7, 11) is 0. The van der Waals surface area contributed by atoms with E-state index in [1.807, 2.05) is 29.2 Å². The van der Waals surface area contributed by atoms with Crippen molar-refractivity contribution in [3.05, 3.63) is 42.7 Å². The predicted octanol–water partition coefficient (Wildman–Crippen LogP) is 2.95. The lowest BCUT2D eigenvalue weighted by atomic mass is 10.1. The lowest BCUT2D eigenvalue weighted by Gasteiger charge is -2.16. The number of para-hydroxylation sites is 2. The topological polar surface area (TPSA) is 38.1 Å². The summed E-state index contributed by atoms with van der Waals surface area (Å²) in [6, 6.07) is 8.17. The van der Waals surface area contributed by atoms with Crippen molar-refractivity contribution >= 4 is 16.9 Å². The van der Waals surface area contributed by atoms with Crippen LogP contribution in [-0.4, -0.2) is 33.4 Å². The fraction of sp³-hybridized carbons (Fsp3) is 0.444. The van der Waals surface area contributed by atoms with Gasteiger partial charge in [-0.05, 0) is 30.9 Å². The maximum Gasteiger partial charge on any atom is 0.223 e. The van der Waals surface area contributed by atoms with Crippen LogP contribution in [0.4, 0.5) is 0 Å². The Labute approximate surface area is 130 Å². The molecule has 22 heavy (non-hydrogen) atoms. The third-order valence-electron chi connectivity index (χ3n) is 4.75. The van der Waals surface area contributed by atoms with Gasteiger partial charge >= 0.3 is 0 Å². The summed E-state index contributed by atoms with van der Waals surface area (Å²) in [5.74, 6) is 2.27. The molecule has 4 rings (SSSR count). The third-order valence-corrected chi connectivity index (χ3v) is 4.75. The van der Waals surface area contributed by atoms with Crippen LogP contribution in [0.2, 0.25) is 0 Å². The van der Waals surface area contributed by atoms with E-state index in [2.05, 4.69) is 17.2 Å². The first-order valence-corrected chi connectivity index (χ1v) is 8.10. The molecule has 2 fully saturated rings. The fourth-order valence-electron chi connectivity index (χ4n) is 3.46. The Hall–Kier alpha value is -2.10. The highest BCUT2D eigenvalue weighted by Gasteiger charge is 2.36. The number of carbonyl (C=O) groups is 1. The Bertz CT molecular complexity index is 729. The number of imidazole rings is 1. The molecule has 1 saturated carbocycles. The predicted molar refractivity (Wildman–Crippen MR) is 86.6 cm³/mol. The number of hydrogen-bond donors (Lipinski definition) is 0. The Balaban J connectivity index is 1.66. The van der Waals surface area contributed by atoms with Crippen LogP contribution >= 0.6 is 0 Å². The number of hydrogen-bond acceptors (Lipinski definition) is 2. The minimum Gasteiger partial charge on any atom is -0.342 e. The number of carbonyl (C=O) groups excluding carboxylic acids is 1. The Morgan fingerprint density at radius 2 is 2.14 bits per heavy atom. The molecule has 4 nitrogen and oxygen atoms in total. The van der Waals surface area contributed by atoms with E-state index >= 15 is 0 Å². The largest absolute Gasteiger partial charge is 0.342 e. The summed E-state index contributed by atoms with van der Waals surface area (Å²) in [5.41, 5.74) is 2.14. The van der Waals surface area contributed by atoms with Gasteiger partial charge in [0, 0.05) is 32.0 Å². The highest BCUT2D eigenvalue weighted by Crippen LogP contribution is 2.35. The SMILES string of the molecule is C=CCn1c([C@H]2CC(=O)N(CC3CC3)C2)nc2ccccc21. The number of benzene rings is 1. The molecule has 1 amide bonds. The maximum absolute atomic E-state index is 12.3. The zero-order valence-corrected chi connectivity index (χ0v) is 12.7. The van der Waals surface area contributed by atoms with Crippen molar-refractivity contribution in [1.29, 1.82) is 0 Å². The van der Waals surface area contributed by atoms with E-state index in [0.717, 1.165) is 42.4 Å². The second kappa shape index (κ2) is 5.27.